The molecule has 5 rings (SSSR count). The lowest BCUT2D eigenvalue weighted by Gasteiger charge is -2.18. The molecular formula is C24H18N2O7. The summed E-state index contributed by atoms with van der Waals surface area (Å²) in [6, 6.07) is 11.1. The number of ether oxygens (including phenoxy) is 1. The SMILES string of the molecule is O=C(COC(=O)c1cccc(N2C(=O)[C@@H]3[C@@H](C2=O)[C@H]2C=C[C@@H]3C2)c1)c1cccc([N+](=O)[O-])c1. The third kappa shape index (κ3) is 3.42. The Labute approximate surface area is 187 Å². The fourth-order valence-corrected chi connectivity index (χ4v) is 5.02. The van der Waals surface area contributed by atoms with E-state index in [-0.39, 0.29) is 52.3 Å². The van der Waals surface area contributed by atoms with Gasteiger partial charge in [0.05, 0.1) is 28.0 Å². The molecule has 1 saturated carbocycles. The van der Waals surface area contributed by atoms with Gasteiger partial charge in [-0.25, -0.2) is 9.69 Å². The lowest BCUT2D eigenvalue weighted by Crippen LogP contribution is -2.33. The predicted octanol–water partition coefficient (Wildman–Crippen LogP) is 2.95. The zero-order valence-corrected chi connectivity index (χ0v) is 17.2. The van der Waals surface area contributed by atoms with Crippen LogP contribution in [0.3, 0.4) is 0 Å². The molecule has 9 nitrogen and oxygen atoms in total. The summed E-state index contributed by atoms with van der Waals surface area (Å²) in [6.45, 7) is -0.606. The summed E-state index contributed by atoms with van der Waals surface area (Å²) < 4.78 is 5.08. The number of rotatable bonds is 6. The summed E-state index contributed by atoms with van der Waals surface area (Å²) in [5.74, 6) is -2.46. The minimum atomic E-state index is -0.809. The van der Waals surface area contributed by atoms with Crippen molar-refractivity contribution in [3.05, 3.63) is 81.9 Å². The van der Waals surface area contributed by atoms with E-state index in [0.29, 0.717) is 5.69 Å². The van der Waals surface area contributed by atoms with Gasteiger partial charge in [-0.05, 0) is 36.5 Å². The Morgan fingerprint density at radius 2 is 1.61 bits per heavy atom. The Morgan fingerprint density at radius 3 is 2.27 bits per heavy atom. The molecule has 2 fully saturated rings. The number of fused-ring (bicyclic) bond motifs is 5. The molecule has 2 aromatic carbocycles. The van der Waals surface area contributed by atoms with Crippen LogP contribution in [0.25, 0.3) is 0 Å². The minimum Gasteiger partial charge on any atom is -0.454 e. The summed E-state index contributed by atoms with van der Waals surface area (Å²) >= 11 is 0. The fraction of sp³-hybridized carbons (Fsp3) is 0.250. The molecule has 2 aromatic rings. The standard InChI is InChI=1S/C24H18N2O7/c27-19(13-3-1-6-18(10-13)26(31)32)12-33-24(30)16-4-2-5-17(11-16)25-22(28)20-14-7-8-15(9-14)21(20)23(25)29/h1-8,10-11,14-15,20-21H,9,12H2/t14-,15+,20-,21-/m0/s1. The number of nitro benzene ring substituents is 1. The van der Waals surface area contributed by atoms with Gasteiger partial charge in [-0.3, -0.25) is 24.5 Å². The van der Waals surface area contributed by atoms with E-state index >= 15 is 0 Å². The molecule has 0 N–H and O–H groups in total. The van der Waals surface area contributed by atoms with Crippen molar-refractivity contribution in [3.8, 4) is 0 Å². The Kier molecular flexibility index (Phi) is 4.88. The third-order valence-electron chi connectivity index (χ3n) is 6.52. The van der Waals surface area contributed by atoms with Crippen molar-refractivity contribution in [1.82, 2.24) is 0 Å². The van der Waals surface area contributed by atoms with Crippen LogP contribution in [0.5, 0.6) is 0 Å². The number of amides is 2. The van der Waals surface area contributed by atoms with Gasteiger partial charge in [0.2, 0.25) is 17.6 Å². The van der Waals surface area contributed by atoms with Gasteiger partial charge < -0.3 is 4.74 Å². The minimum absolute atomic E-state index is 0.0498. The van der Waals surface area contributed by atoms with Gasteiger partial charge in [-0.2, -0.15) is 0 Å². The zero-order valence-electron chi connectivity index (χ0n) is 17.2. The van der Waals surface area contributed by atoms with Gasteiger partial charge in [0, 0.05) is 17.7 Å². The molecule has 2 bridgehead atoms. The molecule has 1 heterocycles. The molecule has 2 aliphatic carbocycles. The van der Waals surface area contributed by atoms with Gasteiger partial charge >= 0.3 is 5.97 Å². The quantitative estimate of drug-likeness (QED) is 0.167. The van der Waals surface area contributed by atoms with Gasteiger partial charge in [-0.1, -0.05) is 30.4 Å². The average Bonchev–Trinajstić information content (AvgIpc) is 3.51. The van der Waals surface area contributed by atoms with E-state index in [1.54, 1.807) is 6.07 Å². The average molecular weight is 446 g/mol. The number of anilines is 1. The molecule has 4 atom stereocenters. The second-order valence-corrected chi connectivity index (χ2v) is 8.37. The molecule has 0 aromatic heterocycles. The maximum atomic E-state index is 13.0. The fourth-order valence-electron chi connectivity index (χ4n) is 5.02. The van der Waals surface area contributed by atoms with E-state index in [1.165, 1.54) is 36.4 Å². The molecule has 1 aliphatic heterocycles. The first-order chi connectivity index (χ1) is 15.8. The summed E-state index contributed by atoms with van der Waals surface area (Å²) in [7, 11) is 0. The van der Waals surface area contributed by atoms with E-state index in [1.807, 2.05) is 12.2 Å². The Balaban J connectivity index is 1.29. The number of imide groups is 1. The molecule has 166 valence electrons. The van der Waals surface area contributed by atoms with Crippen molar-refractivity contribution >= 4 is 34.9 Å². The van der Waals surface area contributed by atoms with Crippen LogP contribution in [-0.2, 0) is 14.3 Å². The van der Waals surface area contributed by atoms with Gasteiger partial charge in [-0.15, -0.1) is 0 Å². The van der Waals surface area contributed by atoms with Crippen LogP contribution in [0, 0.1) is 33.8 Å². The van der Waals surface area contributed by atoms with E-state index in [2.05, 4.69) is 0 Å². The number of benzene rings is 2. The number of hydrogen-bond acceptors (Lipinski definition) is 7. The van der Waals surface area contributed by atoms with Crippen LogP contribution < -0.4 is 4.90 Å². The number of allylic oxidation sites excluding steroid dienone is 2. The van der Waals surface area contributed by atoms with E-state index in [4.69, 9.17) is 4.74 Å². The van der Waals surface area contributed by atoms with Crippen molar-refractivity contribution in [2.75, 3.05) is 11.5 Å². The molecule has 0 radical (unpaired) electrons. The van der Waals surface area contributed by atoms with Gasteiger partial charge in [0.25, 0.3) is 5.69 Å². The smallest absolute Gasteiger partial charge is 0.338 e. The van der Waals surface area contributed by atoms with Gasteiger partial charge in [0.15, 0.2) is 6.61 Å². The number of hydrogen-bond donors (Lipinski definition) is 0. The second kappa shape index (κ2) is 7.77. The second-order valence-electron chi connectivity index (χ2n) is 8.37. The highest BCUT2D eigenvalue weighted by molar-refractivity contribution is 6.23. The molecule has 33 heavy (non-hydrogen) atoms. The highest BCUT2D eigenvalue weighted by Crippen LogP contribution is 2.53. The van der Waals surface area contributed by atoms with Crippen molar-refractivity contribution in [3.63, 3.8) is 0 Å². The van der Waals surface area contributed by atoms with Gasteiger partial charge in [0.1, 0.15) is 0 Å². The largest absolute Gasteiger partial charge is 0.454 e. The Hall–Kier alpha value is -4.14. The van der Waals surface area contributed by atoms with Crippen molar-refractivity contribution in [2.24, 2.45) is 23.7 Å². The Bertz CT molecular complexity index is 1220. The van der Waals surface area contributed by atoms with E-state index in [9.17, 15) is 29.3 Å². The maximum absolute atomic E-state index is 13.0. The first kappa shape index (κ1) is 20.7. The number of non-ortho nitro benzene ring substituents is 1. The van der Waals surface area contributed by atoms with Crippen LogP contribution >= 0.6 is 0 Å². The summed E-state index contributed by atoms with van der Waals surface area (Å²) in [5, 5.41) is 10.9. The van der Waals surface area contributed by atoms with Crippen molar-refractivity contribution < 1.29 is 28.8 Å². The summed E-state index contributed by atoms with van der Waals surface area (Å²) in [6.07, 6.45) is 4.84. The van der Waals surface area contributed by atoms with Crippen molar-refractivity contribution in [1.29, 1.82) is 0 Å². The highest BCUT2D eigenvalue weighted by Gasteiger charge is 2.59. The predicted molar refractivity (Wildman–Crippen MR) is 114 cm³/mol. The monoisotopic (exact) mass is 446 g/mol. The zero-order chi connectivity index (χ0) is 23.3. The normalized spacial score (nSPS) is 24.8. The molecule has 9 heteroatoms. The first-order valence-corrected chi connectivity index (χ1v) is 10.5. The summed E-state index contributed by atoms with van der Waals surface area (Å²) in [4.78, 5) is 62.2. The number of Topliss-reactive ketones (excluding diaryl/α,β-unsaturated/α-hetero) is 1. The Morgan fingerprint density at radius 1 is 0.970 bits per heavy atom. The van der Waals surface area contributed by atoms with Crippen molar-refractivity contribution in [2.45, 2.75) is 6.42 Å². The van der Waals surface area contributed by atoms with E-state index < -0.39 is 23.3 Å². The topological polar surface area (TPSA) is 124 Å². The first-order valence-electron chi connectivity index (χ1n) is 10.5. The molecule has 0 spiro atoms. The lowest BCUT2D eigenvalue weighted by atomic mass is 9.85. The number of nitrogens with zero attached hydrogens (tertiary/aromatic N) is 2. The van der Waals surface area contributed by atoms with Crippen LogP contribution in [0.4, 0.5) is 11.4 Å². The van der Waals surface area contributed by atoms with Crippen LogP contribution in [0.15, 0.2) is 60.7 Å². The third-order valence-corrected chi connectivity index (χ3v) is 6.52. The van der Waals surface area contributed by atoms with E-state index in [0.717, 1.165) is 17.4 Å². The molecule has 2 amide bonds. The van der Waals surface area contributed by atoms with Crippen LogP contribution in [0.1, 0.15) is 27.1 Å². The maximum Gasteiger partial charge on any atom is 0.338 e. The lowest BCUT2D eigenvalue weighted by molar-refractivity contribution is -0.384. The molecular weight excluding hydrogens is 428 g/mol. The number of carbonyl (C=O) groups excluding carboxylic acids is 4. The number of esters is 1. The number of carbonyl (C=O) groups is 4. The molecule has 0 unspecified atom stereocenters. The van der Waals surface area contributed by atoms with Crippen LogP contribution in [0.2, 0.25) is 0 Å². The number of nitro groups is 1. The molecule has 1 saturated heterocycles. The highest BCUT2D eigenvalue weighted by atomic mass is 16.6. The van der Waals surface area contributed by atoms with Crippen LogP contribution in [-0.4, -0.2) is 35.1 Å². The molecule has 3 aliphatic rings. The summed E-state index contributed by atoms with van der Waals surface area (Å²) in [5.41, 5.74) is 0.179. The number of ketones is 1.